The average Bonchev–Trinajstić information content (AvgIpc) is 3.00. The minimum Gasteiger partial charge on any atom is -0.465 e. The molecule has 4 saturated carbocycles. The highest BCUT2D eigenvalue weighted by molar-refractivity contribution is 8.33. The summed E-state index contributed by atoms with van der Waals surface area (Å²) >= 11 is 0. The lowest BCUT2D eigenvalue weighted by atomic mass is 9.49. The number of ether oxygens (including phenoxy) is 1. The van der Waals surface area contributed by atoms with Crippen LogP contribution in [0.4, 0.5) is 13.2 Å². The van der Waals surface area contributed by atoms with Gasteiger partial charge in [0.15, 0.2) is 6.17 Å². The molecule has 3 aromatic rings. The summed E-state index contributed by atoms with van der Waals surface area (Å²) < 4.78 is 84.4. The van der Waals surface area contributed by atoms with Gasteiger partial charge in [0.05, 0.1) is 12.0 Å². The van der Waals surface area contributed by atoms with Crippen molar-refractivity contribution in [2.24, 2.45) is 23.2 Å². The molecule has 4 fully saturated rings. The first-order chi connectivity index (χ1) is 20.6. The Hall–Kier alpha value is -2.82. The Balaban J connectivity index is 1.23. The summed E-state index contributed by atoms with van der Waals surface area (Å²) in [5, 5.41) is -4.91. The summed E-state index contributed by atoms with van der Waals surface area (Å²) in [7, 11) is -9.15. The SMILES string of the molecule is O=C(OCCC(F)C(F)(F)S(=O)(=O)OS(c1ccccc1)(c1ccccc1)c1ccccc1)C12CC3CC(CC(C3)C1)C2. The quantitative estimate of drug-likeness (QED) is 0.199. The van der Waals surface area contributed by atoms with Gasteiger partial charge in [-0.05, 0) is 103 Å². The maximum atomic E-state index is 15.6. The van der Waals surface area contributed by atoms with E-state index in [1.165, 1.54) is 0 Å². The second kappa shape index (κ2) is 11.6. The molecule has 5 nitrogen and oxygen atoms in total. The smallest absolute Gasteiger partial charge is 0.401 e. The molecule has 4 aliphatic rings. The molecule has 0 amide bonds. The Morgan fingerprint density at radius 2 is 1.16 bits per heavy atom. The van der Waals surface area contributed by atoms with Crippen molar-refractivity contribution < 1.29 is 34.7 Å². The Kier molecular flexibility index (Phi) is 8.15. The fourth-order valence-corrected chi connectivity index (χ4v) is 12.9. The van der Waals surface area contributed by atoms with Gasteiger partial charge in [0.2, 0.25) is 0 Å². The molecule has 0 N–H and O–H groups in total. The van der Waals surface area contributed by atoms with Gasteiger partial charge in [-0.3, -0.25) is 4.79 Å². The largest absolute Gasteiger partial charge is 0.465 e. The highest BCUT2D eigenvalue weighted by atomic mass is 32.3. The van der Waals surface area contributed by atoms with E-state index in [4.69, 9.17) is 8.37 Å². The lowest BCUT2D eigenvalue weighted by Gasteiger charge is -2.55. The number of halogens is 3. The lowest BCUT2D eigenvalue weighted by molar-refractivity contribution is -0.172. The lowest BCUT2D eigenvalue weighted by Crippen LogP contribution is -2.50. The number of carbonyl (C=O) groups excluding carboxylic acids is 1. The molecule has 3 aromatic carbocycles. The van der Waals surface area contributed by atoms with Gasteiger partial charge in [0, 0.05) is 21.1 Å². The van der Waals surface area contributed by atoms with Crippen molar-refractivity contribution in [2.45, 2.75) is 71.1 Å². The molecule has 1 unspecified atom stereocenters. The first-order valence-corrected chi connectivity index (χ1v) is 17.7. The zero-order valence-electron chi connectivity index (χ0n) is 23.6. The van der Waals surface area contributed by atoms with Crippen molar-refractivity contribution in [1.82, 2.24) is 0 Å². The molecule has 43 heavy (non-hydrogen) atoms. The highest BCUT2D eigenvalue weighted by Crippen LogP contribution is 2.70. The summed E-state index contributed by atoms with van der Waals surface area (Å²) in [6, 6.07) is 24.8. The molecule has 4 aliphatic carbocycles. The van der Waals surface area contributed by atoms with E-state index in [0.29, 0.717) is 32.4 Å². The van der Waals surface area contributed by atoms with Crippen molar-refractivity contribution in [3.63, 3.8) is 0 Å². The van der Waals surface area contributed by atoms with Crippen LogP contribution < -0.4 is 0 Å². The number of alkyl halides is 3. The van der Waals surface area contributed by atoms with E-state index in [1.807, 2.05) is 0 Å². The molecule has 230 valence electrons. The van der Waals surface area contributed by atoms with Crippen LogP contribution in [0.15, 0.2) is 106 Å². The molecule has 0 heterocycles. The summed E-state index contributed by atoms with van der Waals surface area (Å²) in [5.41, 5.74) is -0.623. The number of benzene rings is 3. The van der Waals surface area contributed by atoms with Gasteiger partial charge in [-0.1, -0.05) is 54.6 Å². The van der Waals surface area contributed by atoms with Crippen LogP contribution in [0, 0.1) is 23.2 Å². The molecule has 1 atom stereocenters. The Morgan fingerprint density at radius 1 is 0.767 bits per heavy atom. The average molecular weight is 633 g/mol. The van der Waals surface area contributed by atoms with Crippen LogP contribution >= 0.6 is 10.3 Å². The second-order valence-electron chi connectivity index (χ2n) is 12.2. The van der Waals surface area contributed by atoms with Gasteiger partial charge in [-0.2, -0.15) is 17.2 Å². The van der Waals surface area contributed by atoms with Crippen LogP contribution in [0.5, 0.6) is 0 Å². The predicted octanol–water partition coefficient (Wildman–Crippen LogP) is 8.31. The van der Waals surface area contributed by atoms with Crippen molar-refractivity contribution in [1.29, 1.82) is 0 Å². The summed E-state index contributed by atoms with van der Waals surface area (Å²) in [4.78, 5) is 14.2. The van der Waals surface area contributed by atoms with Crippen molar-refractivity contribution in [3.05, 3.63) is 91.0 Å². The Bertz CT molecular complexity index is 1400. The third-order valence-electron chi connectivity index (χ3n) is 9.19. The van der Waals surface area contributed by atoms with Crippen LogP contribution in [0.25, 0.3) is 0 Å². The van der Waals surface area contributed by atoms with Gasteiger partial charge in [-0.25, -0.2) is 8.02 Å². The zero-order chi connectivity index (χ0) is 30.3. The van der Waals surface area contributed by atoms with Gasteiger partial charge < -0.3 is 4.74 Å². The highest BCUT2D eigenvalue weighted by Gasteiger charge is 2.58. The predicted molar refractivity (Wildman–Crippen MR) is 158 cm³/mol. The minimum atomic E-state index is -5.86. The third kappa shape index (κ3) is 5.51. The fraction of sp³-hybridized carbons (Fsp3) is 0.424. The van der Waals surface area contributed by atoms with Crippen LogP contribution in [-0.4, -0.2) is 32.4 Å². The first kappa shape index (κ1) is 30.2. The zero-order valence-corrected chi connectivity index (χ0v) is 25.3. The summed E-state index contributed by atoms with van der Waals surface area (Å²) in [5.74, 6) is 0.949. The number of hydrogen-bond acceptors (Lipinski definition) is 5. The van der Waals surface area contributed by atoms with E-state index in [-0.39, 0.29) is 0 Å². The molecule has 0 spiro atoms. The van der Waals surface area contributed by atoms with Gasteiger partial charge >= 0.3 is 21.3 Å². The van der Waals surface area contributed by atoms with Crippen molar-refractivity contribution >= 4 is 26.4 Å². The van der Waals surface area contributed by atoms with Gasteiger partial charge in [0.1, 0.15) is 0 Å². The maximum absolute atomic E-state index is 15.6. The molecule has 0 saturated heterocycles. The molecular formula is C33H35F3O5S2. The van der Waals surface area contributed by atoms with Gasteiger partial charge in [-0.15, -0.1) is 0 Å². The van der Waals surface area contributed by atoms with E-state index in [9.17, 15) is 13.2 Å². The van der Waals surface area contributed by atoms with E-state index in [2.05, 4.69) is 0 Å². The standard InChI is InChI=1S/C33H35F3O5S2/c34-30(16-17-40-31(37)32-21-24-18-25(22-32)20-26(19-24)23-32)33(35,36)43(38,39)41-42(27-10-4-1-5-11-27,28-12-6-2-7-13-28)29-14-8-3-9-15-29/h1-15,24-26,30H,16-23H2. The topological polar surface area (TPSA) is 69.7 Å². The fourth-order valence-electron chi connectivity index (χ4n) is 7.64. The number of hydrogen-bond donors (Lipinski definition) is 0. The third-order valence-corrected chi connectivity index (χ3v) is 14.5. The molecule has 0 aliphatic heterocycles. The van der Waals surface area contributed by atoms with E-state index >= 15 is 13.2 Å². The second-order valence-corrected chi connectivity index (χ2v) is 16.7. The van der Waals surface area contributed by atoms with Gasteiger partial charge in [0.25, 0.3) is 0 Å². The Labute approximate surface area is 252 Å². The van der Waals surface area contributed by atoms with Crippen LogP contribution in [0.2, 0.25) is 0 Å². The Morgan fingerprint density at radius 3 is 1.56 bits per heavy atom. The van der Waals surface area contributed by atoms with Crippen molar-refractivity contribution in [2.75, 3.05) is 6.61 Å². The molecule has 0 aromatic heterocycles. The van der Waals surface area contributed by atoms with Crippen LogP contribution in [-0.2, 0) is 23.3 Å². The molecule has 4 bridgehead atoms. The summed E-state index contributed by atoms with van der Waals surface area (Å²) in [6.07, 6.45) is 1.37. The number of esters is 1. The van der Waals surface area contributed by atoms with Crippen LogP contribution in [0.3, 0.4) is 0 Å². The van der Waals surface area contributed by atoms with E-state index in [0.717, 1.165) is 38.5 Å². The molecule has 10 heteroatoms. The molecule has 0 radical (unpaired) electrons. The summed E-state index contributed by atoms with van der Waals surface area (Å²) in [6.45, 7) is -0.638. The number of carbonyl (C=O) groups is 1. The van der Waals surface area contributed by atoms with E-state index in [1.54, 1.807) is 91.0 Å². The first-order valence-electron chi connectivity index (χ1n) is 14.7. The minimum absolute atomic E-state index is 0.353. The monoisotopic (exact) mass is 632 g/mol. The molecule has 7 rings (SSSR count). The van der Waals surface area contributed by atoms with E-state index < -0.39 is 56.3 Å². The van der Waals surface area contributed by atoms with Crippen molar-refractivity contribution in [3.8, 4) is 0 Å². The normalized spacial score (nSPS) is 26.2. The maximum Gasteiger partial charge on any atom is 0.401 e. The molecular weight excluding hydrogens is 597 g/mol. The number of rotatable bonds is 11. The van der Waals surface area contributed by atoms with Crippen LogP contribution in [0.1, 0.15) is 44.9 Å².